The zero-order valence-electron chi connectivity index (χ0n) is 7.62. The molecule has 3 nitrogen and oxygen atoms in total. The van der Waals surface area contributed by atoms with Crippen molar-refractivity contribution in [2.45, 2.75) is 32.2 Å². The number of hydrogen-bond acceptors (Lipinski definition) is 3. The summed E-state index contributed by atoms with van der Waals surface area (Å²) in [5, 5.41) is 8.94. The molecule has 0 aromatic heterocycles. The summed E-state index contributed by atoms with van der Waals surface area (Å²) < 4.78 is 0. The third-order valence-corrected chi connectivity index (χ3v) is 2.43. The van der Waals surface area contributed by atoms with Crippen LogP contribution in [0.15, 0.2) is 0 Å². The summed E-state index contributed by atoms with van der Waals surface area (Å²) in [6.45, 7) is 3.91. The van der Waals surface area contributed by atoms with Crippen molar-refractivity contribution in [3.05, 3.63) is 0 Å². The van der Waals surface area contributed by atoms with Crippen LogP contribution in [0, 0.1) is 0 Å². The van der Waals surface area contributed by atoms with Crippen LogP contribution in [0.25, 0.3) is 0 Å². The van der Waals surface area contributed by atoms with Gasteiger partial charge in [-0.1, -0.05) is 13.3 Å². The monoisotopic (exact) mass is 171 g/mol. The normalized spacial score (nSPS) is 25.2. The predicted octanol–water partition coefficient (Wildman–Crippen LogP) is 0.422. The Balaban J connectivity index is 2.38. The number of nitrogens with zero attached hydrogens (tertiary/aromatic N) is 1. The molecule has 12 heavy (non-hydrogen) atoms. The van der Waals surface area contributed by atoms with Gasteiger partial charge in [0.2, 0.25) is 0 Å². The first kappa shape index (κ1) is 9.68. The van der Waals surface area contributed by atoms with E-state index in [1.165, 1.54) is 0 Å². The molecule has 1 aliphatic rings. The fraction of sp³-hybridized carbons (Fsp3) is 0.889. The lowest BCUT2D eigenvalue weighted by atomic mass is 10.2. The van der Waals surface area contributed by atoms with E-state index in [1.807, 2.05) is 0 Å². The van der Waals surface area contributed by atoms with Crippen molar-refractivity contribution in [3.63, 3.8) is 0 Å². The minimum Gasteiger partial charge on any atom is -0.394 e. The molecule has 0 bridgehead atoms. The van der Waals surface area contributed by atoms with Crippen molar-refractivity contribution < 1.29 is 9.90 Å². The maximum atomic E-state index is 11.2. The molecular formula is C9H17NO2. The van der Waals surface area contributed by atoms with E-state index < -0.39 is 0 Å². The zero-order chi connectivity index (χ0) is 8.97. The molecule has 0 aromatic rings. The van der Waals surface area contributed by atoms with Crippen molar-refractivity contribution in [2.75, 3.05) is 19.7 Å². The predicted molar refractivity (Wildman–Crippen MR) is 47.0 cm³/mol. The average molecular weight is 171 g/mol. The van der Waals surface area contributed by atoms with Gasteiger partial charge in [-0.05, 0) is 13.0 Å². The summed E-state index contributed by atoms with van der Waals surface area (Å²) in [5.74, 6) is 0.202. The molecule has 1 saturated heterocycles. The summed E-state index contributed by atoms with van der Waals surface area (Å²) in [7, 11) is 0. The number of ketones is 1. The molecule has 1 aliphatic heterocycles. The maximum Gasteiger partial charge on any atom is 0.153 e. The number of unbranched alkanes of at least 4 members (excludes halogenated alkanes) is 1. The summed E-state index contributed by atoms with van der Waals surface area (Å²) in [4.78, 5) is 13.3. The molecule has 0 aliphatic carbocycles. The van der Waals surface area contributed by atoms with E-state index in [0.29, 0.717) is 6.42 Å². The van der Waals surface area contributed by atoms with Gasteiger partial charge in [0.05, 0.1) is 12.6 Å². The first-order valence-corrected chi connectivity index (χ1v) is 4.67. The standard InChI is InChI=1S/C9H17NO2/c1-2-3-5-10-6-4-9(12)8(10)7-11/h8,11H,2-7H2,1H3/t8-/m0/s1. The number of hydrogen-bond donors (Lipinski definition) is 1. The first-order valence-electron chi connectivity index (χ1n) is 4.67. The largest absolute Gasteiger partial charge is 0.394 e. The second kappa shape index (κ2) is 4.58. The van der Waals surface area contributed by atoms with Crippen LogP contribution in [0.5, 0.6) is 0 Å². The Labute approximate surface area is 73.4 Å². The van der Waals surface area contributed by atoms with E-state index in [9.17, 15) is 4.79 Å². The molecule has 70 valence electrons. The van der Waals surface area contributed by atoms with Crippen LogP contribution >= 0.6 is 0 Å². The van der Waals surface area contributed by atoms with E-state index in [-0.39, 0.29) is 18.4 Å². The minimum atomic E-state index is -0.198. The molecule has 1 N–H and O–H groups in total. The summed E-state index contributed by atoms with van der Waals surface area (Å²) >= 11 is 0. The van der Waals surface area contributed by atoms with Crippen LogP contribution in [0.4, 0.5) is 0 Å². The van der Waals surface area contributed by atoms with Crippen molar-refractivity contribution in [2.24, 2.45) is 0 Å². The van der Waals surface area contributed by atoms with Gasteiger partial charge in [-0.2, -0.15) is 0 Å². The Morgan fingerprint density at radius 1 is 1.67 bits per heavy atom. The van der Waals surface area contributed by atoms with Crippen molar-refractivity contribution in [3.8, 4) is 0 Å². The number of rotatable bonds is 4. The molecule has 0 radical (unpaired) electrons. The number of aliphatic hydroxyl groups excluding tert-OH is 1. The molecule has 3 heteroatoms. The zero-order valence-corrected chi connectivity index (χ0v) is 7.62. The fourth-order valence-electron chi connectivity index (χ4n) is 1.63. The lowest BCUT2D eigenvalue weighted by Crippen LogP contribution is -2.36. The van der Waals surface area contributed by atoms with Gasteiger partial charge in [-0.25, -0.2) is 0 Å². The smallest absolute Gasteiger partial charge is 0.153 e. The molecule has 0 unspecified atom stereocenters. The molecule has 0 spiro atoms. The van der Waals surface area contributed by atoms with Crippen LogP contribution in [0.3, 0.4) is 0 Å². The van der Waals surface area contributed by atoms with E-state index in [0.717, 1.165) is 25.9 Å². The quantitative estimate of drug-likeness (QED) is 0.666. The van der Waals surface area contributed by atoms with Crippen LogP contribution in [-0.2, 0) is 4.79 Å². The van der Waals surface area contributed by atoms with Crippen molar-refractivity contribution in [1.29, 1.82) is 0 Å². The van der Waals surface area contributed by atoms with Crippen LogP contribution in [0.1, 0.15) is 26.2 Å². The Kier molecular flexibility index (Phi) is 3.69. The van der Waals surface area contributed by atoms with Gasteiger partial charge in [-0.3, -0.25) is 9.69 Å². The second-order valence-electron chi connectivity index (χ2n) is 3.30. The molecule has 0 amide bonds. The number of aliphatic hydroxyl groups is 1. The van der Waals surface area contributed by atoms with Gasteiger partial charge in [-0.15, -0.1) is 0 Å². The number of likely N-dealkylation sites (tertiary alicyclic amines) is 1. The highest BCUT2D eigenvalue weighted by atomic mass is 16.3. The molecule has 0 aromatic carbocycles. The molecule has 1 rings (SSSR count). The fourth-order valence-corrected chi connectivity index (χ4v) is 1.63. The Hall–Kier alpha value is -0.410. The van der Waals surface area contributed by atoms with Gasteiger partial charge in [0.1, 0.15) is 0 Å². The molecule has 1 fully saturated rings. The van der Waals surface area contributed by atoms with E-state index in [2.05, 4.69) is 11.8 Å². The Bertz CT molecular complexity index is 159. The van der Waals surface area contributed by atoms with Crippen LogP contribution in [0.2, 0.25) is 0 Å². The van der Waals surface area contributed by atoms with E-state index in [4.69, 9.17) is 5.11 Å². The third kappa shape index (κ3) is 2.05. The lowest BCUT2D eigenvalue weighted by molar-refractivity contribution is -0.120. The van der Waals surface area contributed by atoms with Crippen molar-refractivity contribution in [1.82, 2.24) is 4.90 Å². The summed E-state index contributed by atoms with van der Waals surface area (Å²) in [6.07, 6.45) is 2.88. The topological polar surface area (TPSA) is 40.5 Å². The molecule has 1 atom stereocenters. The van der Waals surface area contributed by atoms with Crippen LogP contribution in [-0.4, -0.2) is 41.5 Å². The highest BCUT2D eigenvalue weighted by Crippen LogP contribution is 2.13. The molecule has 0 saturated carbocycles. The van der Waals surface area contributed by atoms with Crippen molar-refractivity contribution >= 4 is 5.78 Å². The summed E-state index contributed by atoms with van der Waals surface area (Å²) in [6, 6.07) is -0.198. The van der Waals surface area contributed by atoms with Gasteiger partial charge in [0.25, 0.3) is 0 Å². The van der Waals surface area contributed by atoms with Gasteiger partial charge < -0.3 is 5.11 Å². The SMILES string of the molecule is CCCCN1CCC(=O)[C@@H]1CO. The average Bonchev–Trinajstić information content (AvgIpc) is 2.43. The highest BCUT2D eigenvalue weighted by molar-refractivity contribution is 5.86. The van der Waals surface area contributed by atoms with E-state index in [1.54, 1.807) is 0 Å². The van der Waals surface area contributed by atoms with Gasteiger partial charge >= 0.3 is 0 Å². The maximum absolute atomic E-state index is 11.2. The number of carbonyl (C=O) groups is 1. The Morgan fingerprint density at radius 2 is 2.42 bits per heavy atom. The summed E-state index contributed by atoms with van der Waals surface area (Å²) in [5.41, 5.74) is 0. The minimum absolute atomic E-state index is 0.0114. The molecular weight excluding hydrogens is 154 g/mol. The third-order valence-electron chi connectivity index (χ3n) is 2.43. The first-order chi connectivity index (χ1) is 5.79. The number of Topliss-reactive ketones (excluding diaryl/α,β-unsaturated/α-hetero) is 1. The Morgan fingerprint density at radius 3 is 3.00 bits per heavy atom. The second-order valence-corrected chi connectivity index (χ2v) is 3.30. The van der Waals surface area contributed by atoms with Gasteiger partial charge in [0.15, 0.2) is 5.78 Å². The van der Waals surface area contributed by atoms with E-state index >= 15 is 0 Å². The number of carbonyl (C=O) groups excluding carboxylic acids is 1. The molecule has 1 heterocycles. The highest BCUT2D eigenvalue weighted by Gasteiger charge is 2.30. The lowest BCUT2D eigenvalue weighted by Gasteiger charge is -2.20. The van der Waals surface area contributed by atoms with Crippen LogP contribution < -0.4 is 0 Å². The van der Waals surface area contributed by atoms with Gasteiger partial charge in [0, 0.05) is 13.0 Å².